The van der Waals surface area contributed by atoms with Crippen LogP contribution in [0.15, 0.2) is 36.5 Å². The molecule has 144 valence electrons. The topological polar surface area (TPSA) is 94.9 Å². The van der Waals surface area contributed by atoms with Gasteiger partial charge >= 0.3 is 0 Å². The molecule has 1 aromatic carbocycles. The third kappa shape index (κ3) is 3.99. The van der Waals surface area contributed by atoms with Gasteiger partial charge in [-0.15, -0.1) is 0 Å². The summed E-state index contributed by atoms with van der Waals surface area (Å²) in [6, 6.07) is 11.1. The van der Waals surface area contributed by atoms with Crippen LogP contribution in [0.4, 0.5) is 0 Å². The van der Waals surface area contributed by atoms with E-state index in [1.54, 1.807) is 6.20 Å². The third-order valence-electron chi connectivity index (χ3n) is 5.80. The zero-order valence-corrected chi connectivity index (χ0v) is 15.7. The van der Waals surface area contributed by atoms with Gasteiger partial charge in [0.05, 0.1) is 23.1 Å². The number of rotatable bonds is 5. The summed E-state index contributed by atoms with van der Waals surface area (Å²) < 4.78 is 0. The standard InChI is InChI=1S/C22H24N4O2/c23-12-20(14-9-10-14)26-22(28)17-6-2-4-8-19(17)25-21(27)16-11-15-5-1-3-7-18(15)24-13-16/h1,3,5,7,11,13-14,17,19-20H,2,4,6,8-10H2,(H,25,27)(H,26,28)/t17-,19?,20-/m1/s1. The summed E-state index contributed by atoms with van der Waals surface area (Å²) in [6.07, 6.45) is 7.02. The van der Waals surface area contributed by atoms with E-state index in [0.29, 0.717) is 5.56 Å². The van der Waals surface area contributed by atoms with Gasteiger partial charge < -0.3 is 10.6 Å². The lowest BCUT2D eigenvalue weighted by Gasteiger charge is -2.31. The van der Waals surface area contributed by atoms with Gasteiger partial charge in [-0.25, -0.2) is 0 Å². The van der Waals surface area contributed by atoms with Gasteiger partial charge in [-0.3, -0.25) is 14.6 Å². The molecule has 3 atom stereocenters. The number of hydrogen-bond donors (Lipinski definition) is 2. The van der Waals surface area contributed by atoms with Crippen LogP contribution in [-0.2, 0) is 4.79 Å². The molecule has 0 saturated heterocycles. The molecule has 6 heteroatoms. The summed E-state index contributed by atoms with van der Waals surface area (Å²) in [5.41, 5.74) is 1.34. The first-order chi connectivity index (χ1) is 13.7. The molecule has 2 aromatic rings. The predicted octanol–water partition coefficient (Wildman–Crippen LogP) is 2.94. The third-order valence-corrected chi connectivity index (χ3v) is 5.80. The van der Waals surface area contributed by atoms with Gasteiger partial charge in [0, 0.05) is 17.6 Å². The van der Waals surface area contributed by atoms with Gasteiger partial charge in [0.1, 0.15) is 6.04 Å². The summed E-state index contributed by atoms with van der Waals surface area (Å²) in [5, 5.41) is 16.1. The van der Waals surface area contributed by atoms with E-state index in [1.165, 1.54) is 0 Å². The monoisotopic (exact) mass is 376 g/mol. The molecule has 2 saturated carbocycles. The van der Waals surface area contributed by atoms with Crippen LogP contribution in [0.5, 0.6) is 0 Å². The lowest BCUT2D eigenvalue weighted by atomic mass is 9.83. The van der Waals surface area contributed by atoms with Crippen LogP contribution in [0.2, 0.25) is 0 Å². The lowest BCUT2D eigenvalue weighted by Crippen LogP contribution is -2.50. The fraction of sp³-hybridized carbons (Fsp3) is 0.455. The van der Waals surface area contributed by atoms with Crippen molar-refractivity contribution in [2.75, 3.05) is 0 Å². The van der Waals surface area contributed by atoms with Crippen molar-refractivity contribution < 1.29 is 9.59 Å². The zero-order valence-electron chi connectivity index (χ0n) is 15.7. The largest absolute Gasteiger partial charge is 0.348 e. The maximum absolute atomic E-state index is 12.8. The Morgan fingerprint density at radius 1 is 1.14 bits per heavy atom. The highest BCUT2D eigenvalue weighted by molar-refractivity contribution is 5.97. The van der Waals surface area contributed by atoms with E-state index < -0.39 is 6.04 Å². The van der Waals surface area contributed by atoms with Gasteiger partial charge in [-0.1, -0.05) is 31.0 Å². The van der Waals surface area contributed by atoms with E-state index in [9.17, 15) is 14.9 Å². The SMILES string of the molecule is N#C[C@@H](NC(=O)[C@@H]1CCCCC1NC(=O)c1cnc2ccccc2c1)C1CC1. The Kier molecular flexibility index (Phi) is 5.25. The Morgan fingerprint density at radius 2 is 1.93 bits per heavy atom. The fourth-order valence-corrected chi connectivity index (χ4v) is 4.01. The fourth-order valence-electron chi connectivity index (χ4n) is 4.01. The van der Waals surface area contributed by atoms with Crippen molar-refractivity contribution in [3.8, 4) is 6.07 Å². The molecule has 2 fully saturated rings. The number of benzene rings is 1. The molecular weight excluding hydrogens is 352 g/mol. The van der Waals surface area contributed by atoms with Crippen LogP contribution in [0.3, 0.4) is 0 Å². The molecule has 1 heterocycles. The second-order valence-corrected chi connectivity index (χ2v) is 7.84. The van der Waals surface area contributed by atoms with E-state index in [1.807, 2.05) is 30.3 Å². The molecule has 0 spiro atoms. The molecule has 1 aromatic heterocycles. The molecule has 1 unspecified atom stereocenters. The number of para-hydroxylation sites is 1. The molecule has 4 rings (SSSR count). The number of nitriles is 1. The predicted molar refractivity (Wildman–Crippen MR) is 105 cm³/mol. The number of hydrogen-bond acceptors (Lipinski definition) is 4. The molecular formula is C22H24N4O2. The number of pyridine rings is 1. The molecule has 28 heavy (non-hydrogen) atoms. The van der Waals surface area contributed by atoms with Crippen molar-refractivity contribution in [1.29, 1.82) is 5.26 Å². The molecule has 0 aliphatic heterocycles. The number of carbonyl (C=O) groups is 2. The summed E-state index contributed by atoms with van der Waals surface area (Å²) >= 11 is 0. The molecule has 0 radical (unpaired) electrons. The van der Waals surface area contributed by atoms with Crippen LogP contribution < -0.4 is 10.6 Å². The zero-order chi connectivity index (χ0) is 19.5. The highest BCUT2D eigenvalue weighted by Crippen LogP contribution is 2.33. The molecule has 2 amide bonds. The number of aromatic nitrogens is 1. The highest BCUT2D eigenvalue weighted by Gasteiger charge is 2.37. The smallest absolute Gasteiger partial charge is 0.253 e. The average molecular weight is 376 g/mol. The molecule has 2 aliphatic rings. The van der Waals surface area contributed by atoms with Crippen molar-refractivity contribution >= 4 is 22.7 Å². The van der Waals surface area contributed by atoms with Gasteiger partial charge in [-0.05, 0) is 43.7 Å². The second kappa shape index (κ2) is 7.97. The van der Waals surface area contributed by atoms with Crippen molar-refractivity contribution in [2.24, 2.45) is 11.8 Å². The minimum Gasteiger partial charge on any atom is -0.348 e. The summed E-state index contributed by atoms with van der Waals surface area (Å²) in [5.74, 6) is -0.322. The Labute approximate surface area is 164 Å². The Bertz CT molecular complexity index is 932. The van der Waals surface area contributed by atoms with Crippen LogP contribution >= 0.6 is 0 Å². The first-order valence-corrected chi connectivity index (χ1v) is 10.0. The van der Waals surface area contributed by atoms with Crippen molar-refractivity contribution in [3.05, 3.63) is 42.1 Å². The highest BCUT2D eigenvalue weighted by atomic mass is 16.2. The quantitative estimate of drug-likeness (QED) is 0.839. The Balaban J connectivity index is 1.45. The van der Waals surface area contributed by atoms with Gasteiger partial charge in [0.2, 0.25) is 5.91 Å². The van der Waals surface area contributed by atoms with Crippen molar-refractivity contribution in [3.63, 3.8) is 0 Å². The summed E-state index contributed by atoms with van der Waals surface area (Å²) in [4.78, 5) is 29.9. The molecule has 0 bridgehead atoms. The normalized spacial score (nSPS) is 22.8. The number of fused-ring (bicyclic) bond motifs is 1. The maximum Gasteiger partial charge on any atom is 0.253 e. The van der Waals surface area contributed by atoms with Gasteiger partial charge in [0.15, 0.2) is 0 Å². The Morgan fingerprint density at radius 3 is 2.71 bits per heavy atom. The molecule has 2 aliphatic carbocycles. The average Bonchev–Trinajstić information content (AvgIpc) is 3.57. The summed E-state index contributed by atoms with van der Waals surface area (Å²) in [6.45, 7) is 0. The van der Waals surface area contributed by atoms with E-state index in [0.717, 1.165) is 49.4 Å². The molecule has 6 nitrogen and oxygen atoms in total. The second-order valence-electron chi connectivity index (χ2n) is 7.84. The minimum absolute atomic E-state index is 0.111. The first kappa shape index (κ1) is 18.4. The lowest BCUT2D eigenvalue weighted by molar-refractivity contribution is -0.127. The number of nitrogens with one attached hydrogen (secondary N) is 2. The van der Waals surface area contributed by atoms with Crippen LogP contribution in [0.1, 0.15) is 48.9 Å². The maximum atomic E-state index is 12.8. The van der Waals surface area contributed by atoms with Crippen LogP contribution in [-0.4, -0.2) is 28.9 Å². The van der Waals surface area contributed by atoms with Crippen molar-refractivity contribution in [1.82, 2.24) is 15.6 Å². The number of amides is 2. The summed E-state index contributed by atoms with van der Waals surface area (Å²) in [7, 11) is 0. The molecule has 2 N–H and O–H groups in total. The first-order valence-electron chi connectivity index (χ1n) is 10.0. The minimum atomic E-state index is -0.407. The Hall–Kier alpha value is -2.94. The van der Waals surface area contributed by atoms with Crippen molar-refractivity contribution in [2.45, 2.75) is 50.6 Å². The van der Waals surface area contributed by atoms with Gasteiger partial charge in [0.25, 0.3) is 5.91 Å². The number of nitrogens with zero attached hydrogens (tertiary/aromatic N) is 2. The van der Waals surface area contributed by atoms with E-state index in [2.05, 4.69) is 21.7 Å². The van der Waals surface area contributed by atoms with E-state index in [4.69, 9.17) is 0 Å². The van der Waals surface area contributed by atoms with Crippen LogP contribution in [0, 0.1) is 23.2 Å². The van der Waals surface area contributed by atoms with E-state index in [-0.39, 0.29) is 29.7 Å². The van der Waals surface area contributed by atoms with Crippen LogP contribution in [0.25, 0.3) is 10.9 Å². The number of carbonyl (C=O) groups excluding carboxylic acids is 2. The van der Waals surface area contributed by atoms with E-state index >= 15 is 0 Å². The van der Waals surface area contributed by atoms with Gasteiger partial charge in [-0.2, -0.15) is 5.26 Å².